The summed E-state index contributed by atoms with van der Waals surface area (Å²) < 4.78 is 0. The average Bonchev–Trinajstić information content (AvgIpc) is 2.78. The minimum Gasteiger partial charge on any atom is -0.0654 e. The Bertz CT molecular complexity index is 526. The second-order valence-corrected chi connectivity index (χ2v) is 10.6. The van der Waals surface area contributed by atoms with Gasteiger partial charge in [0.25, 0.3) is 0 Å². The van der Waals surface area contributed by atoms with E-state index in [-0.39, 0.29) is 0 Å². The van der Waals surface area contributed by atoms with Gasteiger partial charge in [-0.3, -0.25) is 0 Å². The molecule has 0 saturated heterocycles. The van der Waals surface area contributed by atoms with Gasteiger partial charge in [0.2, 0.25) is 0 Å². The third-order valence-electron chi connectivity index (χ3n) is 8.40. The van der Waals surface area contributed by atoms with E-state index in [2.05, 4.69) is 38.1 Å². The van der Waals surface area contributed by atoms with Crippen LogP contribution < -0.4 is 0 Å². The molecule has 0 nitrogen and oxygen atoms in total. The number of hydrogen-bond donors (Lipinski definition) is 0. The molecule has 0 bridgehead atoms. The number of aryl methyl sites for hydroxylation is 2. The molecule has 0 heteroatoms. The third-order valence-corrected chi connectivity index (χ3v) is 8.40. The van der Waals surface area contributed by atoms with Crippen LogP contribution in [0.2, 0.25) is 0 Å². The van der Waals surface area contributed by atoms with Crippen LogP contribution in [0.4, 0.5) is 0 Å². The lowest BCUT2D eigenvalue weighted by Crippen LogP contribution is -2.18. The summed E-state index contributed by atoms with van der Waals surface area (Å²) in [5.74, 6) is 4.20. The third kappa shape index (κ3) is 8.10. The zero-order valence-electron chi connectivity index (χ0n) is 19.6. The van der Waals surface area contributed by atoms with Crippen molar-refractivity contribution in [3.63, 3.8) is 0 Å². The van der Waals surface area contributed by atoms with Gasteiger partial charge >= 0.3 is 0 Å². The number of hydrogen-bond acceptors (Lipinski definition) is 0. The summed E-state index contributed by atoms with van der Waals surface area (Å²) in [5.41, 5.74) is 3.02. The van der Waals surface area contributed by atoms with Crippen molar-refractivity contribution in [2.45, 2.75) is 123 Å². The minimum atomic E-state index is 0.996. The first-order valence-corrected chi connectivity index (χ1v) is 13.3. The van der Waals surface area contributed by atoms with E-state index < -0.39 is 0 Å². The molecule has 3 rings (SSSR count). The van der Waals surface area contributed by atoms with Crippen LogP contribution in [0.5, 0.6) is 0 Å². The van der Waals surface area contributed by atoms with Gasteiger partial charge in [0.15, 0.2) is 0 Å². The van der Waals surface area contributed by atoms with Crippen molar-refractivity contribution < 1.29 is 0 Å². The summed E-state index contributed by atoms with van der Waals surface area (Å²) in [4.78, 5) is 0. The van der Waals surface area contributed by atoms with Gasteiger partial charge in [0.1, 0.15) is 0 Å². The molecule has 0 aromatic heterocycles. The largest absolute Gasteiger partial charge is 0.0654 e. The Labute approximate surface area is 182 Å². The Balaban J connectivity index is 1.24. The normalized spacial score (nSPS) is 27.8. The van der Waals surface area contributed by atoms with Crippen molar-refractivity contribution >= 4 is 0 Å². The standard InChI is InChI=1S/C29H48/c1-3-5-6-7-25-12-14-27(15-13-25)18-19-29-22-20-28(21-23-29)17-16-26-10-8-24(4-2)9-11-26/h8-11,25,27-29H,3-7,12-23H2,1-2H3. The molecule has 2 fully saturated rings. The predicted octanol–water partition coefficient (Wildman–Crippen LogP) is 9.15. The Kier molecular flexibility index (Phi) is 10.1. The fourth-order valence-electron chi connectivity index (χ4n) is 6.08. The van der Waals surface area contributed by atoms with E-state index in [4.69, 9.17) is 0 Å². The molecular weight excluding hydrogens is 348 g/mol. The molecule has 0 N–H and O–H groups in total. The molecule has 1 aromatic carbocycles. The first-order valence-electron chi connectivity index (χ1n) is 13.3. The van der Waals surface area contributed by atoms with Crippen molar-refractivity contribution in [1.82, 2.24) is 0 Å². The zero-order valence-corrected chi connectivity index (χ0v) is 19.6. The summed E-state index contributed by atoms with van der Waals surface area (Å²) in [5, 5.41) is 0. The van der Waals surface area contributed by atoms with Crippen LogP contribution in [-0.4, -0.2) is 0 Å². The quantitative estimate of drug-likeness (QED) is 0.327. The van der Waals surface area contributed by atoms with Crippen molar-refractivity contribution in [3.05, 3.63) is 35.4 Å². The number of rotatable bonds is 11. The molecular formula is C29H48. The molecule has 2 aliphatic rings. The van der Waals surface area contributed by atoms with Crippen LogP contribution in [0.1, 0.15) is 121 Å². The van der Waals surface area contributed by atoms with Crippen molar-refractivity contribution in [2.24, 2.45) is 23.7 Å². The highest BCUT2D eigenvalue weighted by atomic mass is 14.3. The maximum absolute atomic E-state index is 2.36. The Morgan fingerprint density at radius 1 is 0.552 bits per heavy atom. The molecule has 2 aliphatic carbocycles. The first kappa shape index (κ1) is 22.9. The van der Waals surface area contributed by atoms with E-state index in [1.807, 2.05) is 0 Å². The lowest BCUT2D eigenvalue weighted by Gasteiger charge is -2.32. The van der Waals surface area contributed by atoms with E-state index in [1.165, 1.54) is 76.2 Å². The fraction of sp³-hybridized carbons (Fsp3) is 0.793. The predicted molar refractivity (Wildman–Crippen MR) is 128 cm³/mol. The minimum absolute atomic E-state index is 0.996. The average molecular weight is 397 g/mol. The molecule has 164 valence electrons. The maximum atomic E-state index is 2.36. The summed E-state index contributed by atoms with van der Waals surface area (Å²) in [6.45, 7) is 4.57. The van der Waals surface area contributed by atoms with Crippen LogP contribution in [0.3, 0.4) is 0 Å². The van der Waals surface area contributed by atoms with E-state index in [1.54, 1.807) is 37.7 Å². The molecule has 1 aromatic rings. The van der Waals surface area contributed by atoms with Gasteiger partial charge < -0.3 is 0 Å². The van der Waals surface area contributed by atoms with Crippen LogP contribution in [0, 0.1) is 23.7 Å². The highest BCUT2D eigenvalue weighted by Gasteiger charge is 2.24. The second-order valence-electron chi connectivity index (χ2n) is 10.6. The van der Waals surface area contributed by atoms with E-state index in [0.717, 1.165) is 30.1 Å². The van der Waals surface area contributed by atoms with Crippen LogP contribution in [-0.2, 0) is 12.8 Å². The second kappa shape index (κ2) is 12.8. The molecule has 0 spiro atoms. The van der Waals surface area contributed by atoms with Gasteiger partial charge in [-0.05, 0) is 54.1 Å². The van der Waals surface area contributed by atoms with Crippen molar-refractivity contribution in [1.29, 1.82) is 0 Å². The maximum Gasteiger partial charge on any atom is -0.0276 e. The lowest BCUT2D eigenvalue weighted by molar-refractivity contribution is 0.208. The molecule has 0 heterocycles. The van der Waals surface area contributed by atoms with E-state index in [9.17, 15) is 0 Å². The van der Waals surface area contributed by atoms with E-state index >= 15 is 0 Å². The smallest absolute Gasteiger partial charge is 0.0276 e. The topological polar surface area (TPSA) is 0 Å². The molecule has 0 atom stereocenters. The molecule has 0 aliphatic heterocycles. The molecule has 29 heavy (non-hydrogen) atoms. The van der Waals surface area contributed by atoms with Gasteiger partial charge in [-0.1, -0.05) is 128 Å². The molecule has 2 saturated carbocycles. The highest BCUT2D eigenvalue weighted by Crippen LogP contribution is 2.38. The first-order chi connectivity index (χ1) is 14.3. The monoisotopic (exact) mass is 396 g/mol. The zero-order chi connectivity index (χ0) is 20.3. The van der Waals surface area contributed by atoms with Gasteiger partial charge in [0.05, 0.1) is 0 Å². The molecule has 0 amide bonds. The fourth-order valence-corrected chi connectivity index (χ4v) is 6.08. The van der Waals surface area contributed by atoms with Gasteiger partial charge in [-0.2, -0.15) is 0 Å². The van der Waals surface area contributed by atoms with Gasteiger partial charge in [-0.15, -0.1) is 0 Å². The van der Waals surface area contributed by atoms with Crippen LogP contribution in [0.25, 0.3) is 0 Å². The van der Waals surface area contributed by atoms with Crippen molar-refractivity contribution in [2.75, 3.05) is 0 Å². The summed E-state index contributed by atoms with van der Waals surface area (Å²) in [6.07, 6.45) is 25.0. The molecule has 0 unspecified atom stereocenters. The number of benzene rings is 1. The van der Waals surface area contributed by atoms with E-state index in [0.29, 0.717) is 0 Å². The summed E-state index contributed by atoms with van der Waals surface area (Å²) in [6, 6.07) is 9.38. The summed E-state index contributed by atoms with van der Waals surface area (Å²) in [7, 11) is 0. The Morgan fingerprint density at radius 2 is 1.00 bits per heavy atom. The highest BCUT2D eigenvalue weighted by molar-refractivity contribution is 5.22. The lowest BCUT2D eigenvalue weighted by atomic mass is 9.74. The van der Waals surface area contributed by atoms with Gasteiger partial charge in [-0.25, -0.2) is 0 Å². The SMILES string of the molecule is CCCCCC1CCC(CCC2CCC(CCc3ccc(CC)cc3)CC2)CC1. The Morgan fingerprint density at radius 3 is 1.48 bits per heavy atom. The van der Waals surface area contributed by atoms with Crippen molar-refractivity contribution in [3.8, 4) is 0 Å². The van der Waals surface area contributed by atoms with Crippen LogP contribution >= 0.6 is 0 Å². The Hall–Kier alpha value is -0.780. The summed E-state index contributed by atoms with van der Waals surface area (Å²) >= 11 is 0. The van der Waals surface area contributed by atoms with Crippen LogP contribution in [0.15, 0.2) is 24.3 Å². The van der Waals surface area contributed by atoms with Gasteiger partial charge in [0, 0.05) is 0 Å². The number of unbranched alkanes of at least 4 members (excludes halogenated alkanes) is 2. The molecule has 0 radical (unpaired) electrons.